The molecule has 1 aliphatic heterocycles. The zero-order valence-electron chi connectivity index (χ0n) is 14.2. The highest BCUT2D eigenvalue weighted by molar-refractivity contribution is 5.77. The van der Waals surface area contributed by atoms with Crippen molar-refractivity contribution in [1.29, 1.82) is 0 Å². The molecule has 0 unspecified atom stereocenters. The van der Waals surface area contributed by atoms with E-state index in [1.165, 1.54) is 16.8 Å². The van der Waals surface area contributed by atoms with Crippen LogP contribution in [0, 0.1) is 0 Å². The SMILES string of the molecule is O=C(CCn1ccc(=O)[nH]c1=O)N1CC(c2nc(-c3ccncc3)no2)C1. The van der Waals surface area contributed by atoms with Gasteiger partial charge in [-0.05, 0) is 12.1 Å². The maximum atomic E-state index is 12.2. The molecule has 0 spiro atoms. The topological polar surface area (TPSA) is 127 Å². The predicted molar refractivity (Wildman–Crippen MR) is 92.8 cm³/mol. The van der Waals surface area contributed by atoms with Crippen LogP contribution in [0.15, 0.2) is 50.9 Å². The van der Waals surface area contributed by atoms with Gasteiger partial charge in [-0.2, -0.15) is 4.98 Å². The van der Waals surface area contributed by atoms with Crippen LogP contribution < -0.4 is 11.2 Å². The van der Waals surface area contributed by atoms with Gasteiger partial charge in [-0.1, -0.05) is 5.16 Å². The monoisotopic (exact) mass is 368 g/mol. The van der Waals surface area contributed by atoms with Gasteiger partial charge in [0.1, 0.15) is 0 Å². The molecule has 1 amide bonds. The van der Waals surface area contributed by atoms with Gasteiger partial charge in [-0.25, -0.2) is 4.79 Å². The predicted octanol–water partition coefficient (Wildman–Crippen LogP) is -0.00230. The number of H-pyrrole nitrogens is 1. The Labute approximate surface area is 152 Å². The van der Waals surface area contributed by atoms with Crippen molar-refractivity contribution in [1.82, 2.24) is 29.6 Å². The molecule has 27 heavy (non-hydrogen) atoms. The van der Waals surface area contributed by atoms with Gasteiger partial charge in [0.05, 0.1) is 5.92 Å². The van der Waals surface area contributed by atoms with Crippen molar-refractivity contribution >= 4 is 5.91 Å². The number of likely N-dealkylation sites (tertiary alicyclic amines) is 1. The molecule has 1 N–H and O–H groups in total. The Morgan fingerprint density at radius 2 is 2.00 bits per heavy atom. The van der Waals surface area contributed by atoms with E-state index in [4.69, 9.17) is 4.52 Å². The lowest BCUT2D eigenvalue weighted by Crippen LogP contribution is -2.49. The number of aryl methyl sites for hydroxylation is 1. The number of rotatable bonds is 5. The molecule has 0 bridgehead atoms. The van der Waals surface area contributed by atoms with Crippen molar-refractivity contribution in [2.24, 2.45) is 0 Å². The number of aromatic nitrogens is 5. The molecule has 0 aromatic carbocycles. The Morgan fingerprint density at radius 3 is 2.74 bits per heavy atom. The molecule has 1 fully saturated rings. The van der Waals surface area contributed by atoms with Crippen molar-refractivity contribution in [3.63, 3.8) is 0 Å². The molecule has 0 radical (unpaired) electrons. The number of carbonyl (C=O) groups is 1. The van der Waals surface area contributed by atoms with E-state index in [-0.39, 0.29) is 24.8 Å². The molecule has 1 aliphatic rings. The van der Waals surface area contributed by atoms with Crippen molar-refractivity contribution in [3.05, 3.63) is 63.5 Å². The highest BCUT2D eigenvalue weighted by Gasteiger charge is 2.35. The van der Waals surface area contributed by atoms with Crippen LogP contribution in [0.5, 0.6) is 0 Å². The molecular formula is C17H16N6O4. The largest absolute Gasteiger partial charge is 0.341 e. The maximum absolute atomic E-state index is 12.2. The summed E-state index contributed by atoms with van der Waals surface area (Å²) < 4.78 is 6.61. The summed E-state index contributed by atoms with van der Waals surface area (Å²) in [7, 11) is 0. The molecule has 10 nitrogen and oxygen atoms in total. The molecular weight excluding hydrogens is 352 g/mol. The van der Waals surface area contributed by atoms with Crippen molar-refractivity contribution < 1.29 is 9.32 Å². The highest BCUT2D eigenvalue weighted by Crippen LogP contribution is 2.27. The fraction of sp³-hybridized carbons (Fsp3) is 0.294. The van der Waals surface area contributed by atoms with Crippen LogP contribution in [0.4, 0.5) is 0 Å². The molecule has 138 valence electrons. The average Bonchev–Trinajstić information content (AvgIpc) is 3.10. The summed E-state index contributed by atoms with van der Waals surface area (Å²) in [6.07, 6.45) is 4.86. The zero-order chi connectivity index (χ0) is 18.8. The van der Waals surface area contributed by atoms with Crippen LogP contribution in [0.1, 0.15) is 18.2 Å². The van der Waals surface area contributed by atoms with Crippen LogP contribution >= 0.6 is 0 Å². The number of pyridine rings is 1. The van der Waals surface area contributed by atoms with Crippen LogP contribution in [0.2, 0.25) is 0 Å². The highest BCUT2D eigenvalue weighted by atomic mass is 16.5. The number of aromatic amines is 1. The van der Waals surface area contributed by atoms with Gasteiger partial charge in [0.25, 0.3) is 5.56 Å². The van der Waals surface area contributed by atoms with E-state index < -0.39 is 11.2 Å². The number of hydrogen-bond donors (Lipinski definition) is 1. The van der Waals surface area contributed by atoms with Crippen LogP contribution in [-0.4, -0.2) is 48.6 Å². The molecule has 3 aromatic heterocycles. The van der Waals surface area contributed by atoms with Crippen molar-refractivity contribution in [3.8, 4) is 11.4 Å². The smallest absolute Gasteiger partial charge is 0.328 e. The molecule has 3 aromatic rings. The van der Waals surface area contributed by atoms with E-state index in [1.54, 1.807) is 29.4 Å². The van der Waals surface area contributed by atoms with Gasteiger partial charge in [0.2, 0.25) is 17.6 Å². The lowest BCUT2D eigenvalue weighted by Gasteiger charge is -2.37. The summed E-state index contributed by atoms with van der Waals surface area (Å²) in [6, 6.07) is 4.84. The summed E-state index contributed by atoms with van der Waals surface area (Å²) >= 11 is 0. The lowest BCUT2D eigenvalue weighted by atomic mass is 9.99. The minimum atomic E-state index is -0.522. The quantitative estimate of drug-likeness (QED) is 0.671. The van der Waals surface area contributed by atoms with Gasteiger partial charge in [0, 0.05) is 56.3 Å². The Morgan fingerprint density at radius 1 is 1.22 bits per heavy atom. The van der Waals surface area contributed by atoms with E-state index in [1.807, 2.05) is 0 Å². The molecule has 10 heteroatoms. The summed E-state index contributed by atoms with van der Waals surface area (Å²) in [4.78, 5) is 47.1. The number of nitrogens with one attached hydrogen (secondary N) is 1. The normalized spacial score (nSPS) is 14.1. The standard InChI is InChI=1S/C17H16N6O4/c24-13-3-7-22(17(26)19-13)8-4-14(25)23-9-12(10-23)16-20-15(21-27-16)11-1-5-18-6-2-11/h1-3,5-7,12H,4,8-10H2,(H,19,24,26). The van der Waals surface area contributed by atoms with E-state index >= 15 is 0 Å². The second-order valence-corrected chi connectivity index (χ2v) is 6.24. The zero-order valence-corrected chi connectivity index (χ0v) is 14.2. The van der Waals surface area contributed by atoms with Crippen molar-refractivity contribution in [2.45, 2.75) is 18.9 Å². The van der Waals surface area contributed by atoms with E-state index in [0.717, 1.165) is 5.56 Å². The fourth-order valence-corrected chi connectivity index (χ4v) is 2.85. The first kappa shape index (κ1) is 16.9. The summed E-state index contributed by atoms with van der Waals surface area (Å²) in [5, 5.41) is 3.97. The number of nitrogens with zero attached hydrogens (tertiary/aromatic N) is 5. The maximum Gasteiger partial charge on any atom is 0.328 e. The van der Waals surface area contributed by atoms with Gasteiger partial charge in [-0.3, -0.25) is 19.6 Å². The molecule has 0 saturated carbocycles. The van der Waals surface area contributed by atoms with Gasteiger partial charge in [-0.15, -0.1) is 0 Å². The Bertz CT molecular complexity index is 1060. The number of carbonyl (C=O) groups excluding carboxylic acids is 1. The first-order valence-electron chi connectivity index (χ1n) is 8.42. The van der Waals surface area contributed by atoms with E-state index in [9.17, 15) is 14.4 Å². The minimum Gasteiger partial charge on any atom is -0.341 e. The third-order valence-electron chi connectivity index (χ3n) is 4.43. The summed E-state index contributed by atoms with van der Waals surface area (Å²) in [6.45, 7) is 1.21. The Kier molecular flexibility index (Phi) is 4.37. The average molecular weight is 368 g/mol. The lowest BCUT2D eigenvalue weighted by molar-refractivity contribution is -0.136. The van der Waals surface area contributed by atoms with Crippen LogP contribution in [0.25, 0.3) is 11.4 Å². The molecule has 4 rings (SSSR count). The van der Waals surface area contributed by atoms with Gasteiger partial charge >= 0.3 is 5.69 Å². The van der Waals surface area contributed by atoms with Gasteiger partial charge in [0.15, 0.2) is 0 Å². The van der Waals surface area contributed by atoms with Crippen LogP contribution in [0.3, 0.4) is 0 Å². The number of amides is 1. The molecule has 4 heterocycles. The third kappa shape index (κ3) is 3.54. The van der Waals surface area contributed by atoms with E-state index in [2.05, 4.69) is 20.1 Å². The Hall–Kier alpha value is -3.56. The molecule has 0 aliphatic carbocycles. The molecule has 0 atom stereocenters. The van der Waals surface area contributed by atoms with E-state index in [0.29, 0.717) is 24.8 Å². The van der Waals surface area contributed by atoms with Crippen molar-refractivity contribution in [2.75, 3.05) is 13.1 Å². The first-order valence-corrected chi connectivity index (χ1v) is 8.42. The van der Waals surface area contributed by atoms with Crippen LogP contribution in [-0.2, 0) is 11.3 Å². The third-order valence-corrected chi connectivity index (χ3v) is 4.43. The van der Waals surface area contributed by atoms with Gasteiger partial charge < -0.3 is 14.0 Å². The summed E-state index contributed by atoms with van der Waals surface area (Å²) in [5.74, 6) is 0.934. The Balaban J connectivity index is 1.31. The molecule has 1 saturated heterocycles. The first-order chi connectivity index (χ1) is 13.1. The summed E-state index contributed by atoms with van der Waals surface area (Å²) in [5.41, 5.74) is -0.163. The second kappa shape index (κ2) is 6.98. The number of hydrogen-bond acceptors (Lipinski definition) is 7. The second-order valence-electron chi connectivity index (χ2n) is 6.24. The fourth-order valence-electron chi connectivity index (χ4n) is 2.85. The minimum absolute atomic E-state index is 0.00726.